The third kappa shape index (κ3) is 5.86. The maximum absolute atomic E-state index is 12.1. The zero-order chi connectivity index (χ0) is 16.9. The highest BCUT2D eigenvalue weighted by molar-refractivity contribution is 5.68. The lowest BCUT2D eigenvalue weighted by Gasteiger charge is -2.29. The van der Waals surface area contributed by atoms with Gasteiger partial charge in [-0.1, -0.05) is 19.3 Å². The molecule has 2 atom stereocenters. The van der Waals surface area contributed by atoms with Gasteiger partial charge in [0.1, 0.15) is 5.60 Å². The van der Waals surface area contributed by atoms with Crippen LogP contribution in [0.2, 0.25) is 0 Å². The van der Waals surface area contributed by atoms with Crippen molar-refractivity contribution in [2.45, 2.75) is 77.1 Å². The molecule has 0 bridgehead atoms. The number of aromatic nitrogens is 2. The summed E-state index contributed by atoms with van der Waals surface area (Å²) in [6.45, 7) is 6.42. The molecule has 6 heteroatoms. The first-order valence-electron chi connectivity index (χ1n) is 8.55. The minimum atomic E-state index is -0.466. The smallest absolute Gasteiger partial charge is 0.407 e. The molecule has 0 aromatic carbocycles. The molecule has 6 nitrogen and oxygen atoms in total. The molecular formula is C17H30N4O2. The van der Waals surface area contributed by atoms with Crippen molar-refractivity contribution in [3.63, 3.8) is 0 Å². The standard InChI is InChI=1S/C17H30N4O2/c1-17(2,3)23-16(22)20-15-9-7-5-6-8-14(15)18-12-13-10-11-19-21(13)4/h10-11,14-15,18H,5-9,12H2,1-4H3,(H,20,22). The van der Waals surface area contributed by atoms with Gasteiger partial charge < -0.3 is 15.4 Å². The second-order valence-electron chi connectivity index (χ2n) is 7.32. The van der Waals surface area contributed by atoms with E-state index >= 15 is 0 Å². The molecule has 23 heavy (non-hydrogen) atoms. The number of hydrogen-bond donors (Lipinski definition) is 2. The molecule has 130 valence electrons. The van der Waals surface area contributed by atoms with Crippen molar-refractivity contribution in [1.82, 2.24) is 20.4 Å². The Morgan fingerprint density at radius 1 is 1.30 bits per heavy atom. The Morgan fingerprint density at radius 3 is 2.61 bits per heavy atom. The van der Waals surface area contributed by atoms with Crippen molar-refractivity contribution >= 4 is 6.09 Å². The fourth-order valence-corrected chi connectivity index (χ4v) is 2.99. The van der Waals surface area contributed by atoms with Gasteiger partial charge >= 0.3 is 6.09 Å². The van der Waals surface area contributed by atoms with Gasteiger partial charge in [-0.2, -0.15) is 5.10 Å². The Labute approximate surface area is 139 Å². The van der Waals surface area contributed by atoms with Crippen molar-refractivity contribution in [3.05, 3.63) is 18.0 Å². The van der Waals surface area contributed by atoms with Crippen molar-refractivity contribution < 1.29 is 9.53 Å². The molecule has 0 spiro atoms. The largest absolute Gasteiger partial charge is 0.444 e. The molecule has 1 aliphatic rings. The quantitative estimate of drug-likeness (QED) is 0.836. The Bertz CT molecular complexity index is 507. The Kier molecular flexibility index (Phi) is 6.04. The Hall–Kier alpha value is -1.56. The van der Waals surface area contributed by atoms with E-state index in [1.165, 1.54) is 12.8 Å². The third-order valence-electron chi connectivity index (χ3n) is 4.19. The SMILES string of the molecule is Cn1nccc1CNC1CCCCCC1NC(=O)OC(C)(C)C. The number of rotatable bonds is 4. The lowest BCUT2D eigenvalue weighted by Crippen LogP contribution is -2.50. The molecule has 1 fully saturated rings. The van der Waals surface area contributed by atoms with E-state index in [9.17, 15) is 4.79 Å². The fraction of sp³-hybridized carbons (Fsp3) is 0.765. The van der Waals surface area contributed by atoms with Gasteiger partial charge in [-0.15, -0.1) is 0 Å². The monoisotopic (exact) mass is 322 g/mol. The topological polar surface area (TPSA) is 68.2 Å². The summed E-state index contributed by atoms with van der Waals surface area (Å²) in [5.74, 6) is 0. The van der Waals surface area contributed by atoms with Gasteiger partial charge in [0.25, 0.3) is 0 Å². The zero-order valence-electron chi connectivity index (χ0n) is 14.8. The molecule has 0 radical (unpaired) electrons. The summed E-state index contributed by atoms with van der Waals surface area (Å²) < 4.78 is 7.28. The summed E-state index contributed by atoms with van der Waals surface area (Å²) in [6.07, 6.45) is 7.09. The van der Waals surface area contributed by atoms with Crippen LogP contribution in [0.1, 0.15) is 58.6 Å². The van der Waals surface area contributed by atoms with Gasteiger partial charge in [-0.05, 0) is 39.7 Å². The molecular weight excluding hydrogens is 292 g/mol. The average Bonchev–Trinajstić information content (AvgIpc) is 2.71. The highest BCUT2D eigenvalue weighted by Crippen LogP contribution is 2.19. The lowest BCUT2D eigenvalue weighted by atomic mass is 10.0. The summed E-state index contributed by atoms with van der Waals surface area (Å²) in [5, 5.41) is 10.8. The van der Waals surface area contributed by atoms with E-state index in [1.807, 2.05) is 38.6 Å². The number of alkyl carbamates (subject to hydrolysis) is 1. The normalized spacial score (nSPS) is 22.4. The molecule has 1 aromatic heterocycles. The van der Waals surface area contributed by atoms with Gasteiger partial charge in [0.05, 0.1) is 5.69 Å². The molecule has 2 unspecified atom stereocenters. The first kappa shape index (κ1) is 17.8. The predicted octanol–water partition coefficient (Wildman–Crippen LogP) is 2.74. The molecule has 0 saturated heterocycles. The lowest BCUT2D eigenvalue weighted by molar-refractivity contribution is 0.0489. The van der Waals surface area contributed by atoms with Crippen LogP contribution < -0.4 is 10.6 Å². The van der Waals surface area contributed by atoms with Crippen molar-refractivity contribution in [2.75, 3.05) is 0 Å². The van der Waals surface area contributed by atoms with Crippen molar-refractivity contribution in [1.29, 1.82) is 0 Å². The minimum Gasteiger partial charge on any atom is -0.444 e. The molecule has 1 aromatic rings. The highest BCUT2D eigenvalue weighted by atomic mass is 16.6. The first-order chi connectivity index (χ1) is 10.8. The van der Waals surface area contributed by atoms with Gasteiger partial charge in [0.2, 0.25) is 0 Å². The number of hydrogen-bond acceptors (Lipinski definition) is 4. The summed E-state index contributed by atoms with van der Waals surface area (Å²) >= 11 is 0. The van der Waals surface area contributed by atoms with Crippen LogP contribution in [0.5, 0.6) is 0 Å². The molecule has 2 N–H and O–H groups in total. The minimum absolute atomic E-state index is 0.112. The molecule has 1 amide bonds. The maximum Gasteiger partial charge on any atom is 0.407 e. The van der Waals surface area contributed by atoms with Crippen LogP contribution in [0.4, 0.5) is 4.79 Å². The maximum atomic E-state index is 12.1. The third-order valence-corrected chi connectivity index (χ3v) is 4.19. The Balaban J connectivity index is 1.93. The van der Waals surface area contributed by atoms with Crippen LogP contribution in [0.25, 0.3) is 0 Å². The van der Waals surface area contributed by atoms with Gasteiger partial charge in [-0.25, -0.2) is 4.79 Å². The van der Waals surface area contributed by atoms with Gasteiger partial charge in [0.15, 0.2) is 0 Å². The van der Waals surface area contributed by atoms with Crippen molar-refractivity contribution in [2.24, 2.45) is 7.05 Å². The first-order valence-corrected chi connectivity index (χ1v) is 8.55. The predicted molar refractivity (Wildman–Crippen MR) is 90.1 cm³/mol. The van der Waals surface area contributed by atoms with E-state index in [0.717, 1.165) is 31.5 Å². The van der Waals surface area contributed by atoms with Crippen LogP contribution in [0, 0.1) is 0 Å². The summed E-state index contributed by atoms with van der Waals surface area (Å²) in [5.41, 5.74) is 0.678. The van der Waals surface area contributed by atoms with Crippen LogP contribution in [-0.2, 0) is 18.3 Å². The molecule has 1 aliphatic carbocycles. The van der Waals surface area contributed by atoms with Gasteiger partial charge in [-0.3, -0.25) is 4.68 Å². The number of aryl methyl sites for hydroxylation is 1. The number of nitrogens with zero attached hydrogens (tertiary/aromatic N) is 2. The summed E-state index contributed by atoms with van der Waals surface area (Å²) in [7, 11) is 1.94. The summed E-state index contributed by atoms with van der Waals surface area (Å²) in [6, 6.07) is 2.39. The van der Waals surface area contributed by atoms with E-state index in [1.54, 1.807) is 6.20 Å². The second kappa shape index (κ2) is 7.81. The number of nitrogens with one attached hydrogen (secondary N) is 2. The fourth-order valence-electron chi connectivity index (χ4n) is 2.99. The number of amides is 1. The van der Waals surface area contributed by atoms with E-state index in [4.69, 9.17) is 4.74 Å². The van der Waals surface area contributed by atoms with E-state index in [2.05, 4.69) is 15.7 Å². The van der Waals surface area contributed by atoms with Crippen LogP contribution in [0.15, 0.2) is 12.3 Å². The zero-order valence-corrected chi connectivity index (χ0v) is 14.8. The second-order valence-corrected chi connectivity index (χ2v) is 7.32. The Morgan fingerprint density at radius 2 is 2.00 bits per heavy atom. The van der Waals surface area contributed by atoms with Crippen LogP contribution in [-0.4, -0.2) is 33.6 Å². The van der Waals surface area contributed by atoms with E-state index in [-0.39, 0.29) is 18.2 Å². The average molecular weight is 322 g/mol. The van der Waals surface area contributed by atoms with Crippen LogP contribution in [0.3, 0.4) is 0 Å². The molecule has 1 saturated carbocycles. The molecule has 2 rings (SSSR count). The van der Waals surface area contributed by atoms with Crippen molar-refractivity contribution in [3.8, 4) is 0 Å². The summed E-state index contributed by atoms with van der Waals surface area (Å²) in [4.78, 5) is 12.1. The molecule has 0 aliphatic heterocycles. The van der Waals surface area contributed by atoms with Gasteiger partial charge in [0, 0.05) is 31.9 Å². The number of carbonyl (C=O) groups excluding carboxylic acids is 1. The van der Waals surface area contributed by atoms with Crippen LogP contribution >= 0.6 is 0 Å². The van der Waals surface area contributed by atoms with E-state index in [0.29, 0.717) is 0 Å². The molecule has 1 heterocycles. The van der Waals surface area contributed by atoms with E-state index < -0.39 is 5.60 Å². The number of ether oxygens (including phenoxy) is 1. The highest BCUT2D eigenvalue weighted by Gasteiger charge is 2.27. The number of carbonyl (C=O) groups is 1.